The molecule has 20 heavy (non-hydrogen) atoms. The van der Waals surface area contributed by atoms with E-state index in [2.05, 4.69) is 10.0 Å². The lowest BCUT2D eigenvalue weighted by atomic mass is 9.93. The summed E-state index contributed by atoms with van der Waals surface area (Å²) in [4.78, 5) is 12.2. The third kappa shape index (κ3) is 3.56. The number of carbonyl (C=O) groups excluding carboxylic acids is 1. The van der Waals surface area contributed by atoms with Crippen LogP contribution in [0.5, 0.6) is 0 Å². The number of benzene rings is 1. The van der Waals surface area contributed by atoms with Crippen LogP contribution in [0.15, 0.2) is 29.2 Å². The fraction of sp³-hybridized carbons (Fsp3) is 0.462. The second-order valence-corrected chi connectivity index (χ2v) is 6.44. The van der Waals surface area contributed by atoms with Gasteiger partial charge < -0.3 is 11.1 Å². The Morgan fingerprint density at radius 3 is 2.40 bits per heavy atom. The first-order valence-corrected chi connectivity index (χ1v) is 7.91. The van der Waals surface area contributed by atoms with Gasteiger partial charge in [0.25, 0.3) is 0 Å². The van der Waals surface area contributed by atoms with Gasteiger partial charge in [-0.05, 0) is 38.1 Å². The minimum absolute atomic E-state index is 0.0911. The molecule has 0 aromatic heterocycles. The molecule has 0 bridgehead atoms. The molecular formula is C13H21N3O3S. The number of nitrogens with one attached hydrogen (secondary N) is 2. The van der Waals surface area contributed by atoms with Gasteiger partial charge in [-0.1, -0.05) is 19.9 Å². The number of anilines is 1. The fourth-order valence-electron chi connectivity index (χ4n) is 1.69. The van der Waals surface area contributed by atoms with Gasteiger partial charge in [0, 0.05) is 5.69 Å². The van der Waals surface area contributed by atoms with Crippen LogP contribution < -0.4 is 15.8 Å². The van der Waals surface area contributed by atoms with Crippen molar-refractivity contribution in [2.24, 2.45) is 5.73 Å². The smallest absolute Gasteiger partial charge is 0.244 e. The van der Waals surface area contributed by atoms with Crippen molar-refractivity contribution >= 4 is 21.6 Å². The van der Waals surface area contributed by atoms with Gasteiger partial charge in [0.15, 0.2) is 0 Å². The highest BCUT2D eigenvalue weighted by molar-refractivity contribution is 7.89. The maximum absolute atomic E-state index is 12.1. The summed E-state index contributed by atoms with van der Waals surface area (Å²) in [5.41, 5.74) is 5.45. The molecule has 0 fully saturated rings. The number of carbonyl (C=O) groups is 1. The highest BCUT2D eigenvalue weighted by atomic mass is 32.2. The highest BCUT2D eigenvalue weighted by Gasteiger charge is 2.30. The van der Waals surface area contributed by atoms with E-state index in [1.54, 1.807) is 12.1 Å². The van der Waals surface area contributed by atoms with Crippen LogP contribution >= 0.6 is 0 Å². The summed E-state index contributed by atoms with van der Waals surface area (Å²) in [6.07, 6.45) is 1.01. The SMILES string of the molecule is CCC(N)(CC)C(=O)Nc1cccc(S(=O)(=O)NC)c1. The maximum Gasteiger partial charge on any atom is 0.244 e. The lowest BCUT2D eigenvalue weighted by Crippen LogP contribution is -2.50. The topological polar surface area (TPSA) is 101 Å². The molecule has 1 rings (SSSR count). The van der Waals surface area contributed by atoms with Crippen LogP contribution in [0.1, 0.15) is 26.7 Å². The molecular weight excluding hydrogens is 278 g/mol. The van der Waals surface area contributed by atoms with Crippen LogP contribution in [-0.2, 0) is 14.8 Å². The van der Waals surface area contributed by atoms with E-state index in [1.165, 1.54) is 19.2 Å². The number of sulfonamides is 1. The molecule has 0 aliphatic heterocycles. The first-order valence-electron chi connectivity index (χ1n) is 6.43. The molecule has 6 nitrogen and oxygen atoms in total. The van der Waals surface area contributed by atoms with Crippen molar-refractivity contribution in [2.45, 2.75) is 37.1 Å². The number of nitrogens with two attached hydrogens (primary N) is 1. The molecule has 0 heterocycles. The van der Waals surface area contributed by atoms with Crippen LogP contribution in [-0.4, -0.2) is 26.9 Å². The largest absolute Gasteiger partial charge is 0.324 e. The minimum Gasteiger partial charge on any atom is -0.324 e. The molecule has 0 unspecified atom stereocenters. The summed E-state index contributed by atoms with van der Waals surface area (Å²) in [7, 11) is -2.20. The number of amides is 1. The lowest BCUT2D eigenvalue weighted by Gasteiger charge is -2.25. The van der Waals surface area contributed by atoms with Gasteiger partial charge in [-0.3, -0.25) is 4.79 Å². The highest BCUT2D eigenvalue weighted by Crippen LogP contribution is 2.18. The molecule has 1 aromatic carbocycles. The summed E-state index contributed by atoms with van der Waals surface area (Å²) in [5, 5.41) is 2.66. The zero-order valence-corrected chi connectivity index (χ0v) is 12.8. The Hall–Kier alpha value is -1.44. The summed E-state index contributed by atoms with van der Waals surface area (Å²) < 4.78 is 25.6. The van der Waals surface area contributed by atoms with Gasteiger partial charge in [0.1, 0.15) is 0 Å². The summed E-state index contributed by atoms with van der Waals surface area (Å²) in [6, 6.07) is 6.04. The van der Waals surface area contributed by atoms with Crippen LogP contribution in [0.3, 0.4) is 0 Å². The molecule has 0 radical (unpaired) electrons. The number of rotatable bonds is 6. The first-order chi connectivity index (χ1) is 9.29. The second-order valence-electron chi connectivity index (χ2n) is 4.55. The van der Waals surface area contributed by atoms with Crippen molar-refractivity contribution in [2.75, 3.05) is 12.4 Å². The molecule has 1 amide bonds. The Labute approximate surface area is 119 Å². The Bertz CT molecular complexity index is 580. The van der Waals surface area contributed by atoms with E-state index in [9.17, 15) is 13.2 Å². The van der Waals surface area contributed by atoms with E-state index in [0.29, 0.717) is 18.5 Å². The second kappa shape index (κ2) is 6.34. The summed E-state index contributed by atoms with van der Waals surface area (Å²) in [5.74, 6) is -0.318. The molecule has 1 aromatic rings. The third-order valence-corrected chi connectivity index (χ3v) is 4.80. The molecule has 7 heteroatoms. The monoisotopic (exact) mass is 299 g/mol. The standard InChI is InChI=1S/C13H21N3O3S/c1-4-13(14,5-2)12(17)16-10-7-6-8-11(9-10)20(18,19)15-3/h6-9,15H,4-5,14H2,1-3H3,(H,16,17). The molecule has 0 saturated carbocycles. The van der Waals surface area contributed by atoms with Crippen LogP contribution in [0, 0.1) is 0 Å². The number of hydrogen-bond donors (Lipinski definition) is 3. The predicted octanol–water partition coefficient (Wildman–Crippen LogP) is 1.05. The quantitative estimate of drug-likeness (QED) is 0.730. The predicted molar refractivity (Wildman–Crippen MR) is 78.8 cm³/mol. The van der Waals surface area contributed by atoms with E-state index in [1.807, 2.05) is 13.8 Å². The Balaban J connectivity index is 3.01. The van der Waals surface area contributed by atoms with E-state index in [0.717, 1.165) is 0 Å². The van der Waals surface area contributed by atoms with E-state index >= 15 is 0 Å². The van der Waals surface area contributed by atoms with Crippen molar-refractivity contribution in [3.63, 3.8) is 0 Å². The number of hydrogen-bond acceptors (Lipinski definition) is 4. The van der Waals surface area contributed by atoms with Gasteiger partial charge in [-0.15, -0.1) is 0 Å². The zero-order valence-electron chi connectivity index (χ0n) is 11.9. The van der Waals surface area contributed by atoms with Crippen molar-refractivity contribution in [1.82, 2.24) is 4.72 Å². The zero-order chi connectivity index (χ0) is 15.4. The third-order valence-electron chi connectivity index (χ3n) is 3.38. The van der Waals surface area contributed by atoms with Gasteiger partial charge >= 0.3 is 0 Å². The van der Waals surface area contributed by atoms with Crippen molar-refractivity contribution in [1.29, 1.82) is 0 Å². The molecule has 0 spiro atoms. The van der Waals surface area contributed by atoms with E-state index in [-0.39, 0.29) is 10.8 Å². The lowest BCUT2D eigenvalue weighted by molar-refractivity contribution is -0.121. The molecule has 0 atom stereocenters. The van der Waals surface area contributed by atoms with Crippen molar-refractivity contribution < 1.29 is 13.2 Å². The molecule has 112 valence electrons. The van der Waals surface area contributed by atoms with Crippen LogP contribution in [0.2, 0.25) is 0 Å². The maximum atomic E-state index is 12.1. The molecule has 0 aliphatic rings. The van der Waals surface area contributed by atoms with Crippen LogP contribution in [0.4, 0.5) is 5.69 Å². The Morgan fingerprint density at radius 2 is 1.90 bits per heavy atom. The van der Waals surface area contributed by atoms with Gasteiger partial charge in [-0.2, -0.15) is 0 Å². The molecule has 0 aliphatic carbocycles. The van der Waals surface area contributed by atoms with Gasteiger partial charge in [0.2, 0.25) is 15.9 Å². The minimum atomic E-state index is -3.54. The Morgan fingerprint density at radius 1 is 1.30 bits per heavy atom. The summed E-state index contributed by atoms with van der Waals surface area (Å²) in [6.45, 7) is 3.68. The summed E-state index contributed by atoms with van der Waals surface area (Å²) >= 11 is 0. The fourth-order valence-corrected chi connectivity index (χ4v) is 2.46. The average Bonchev–Trinajstić information content (AvgIpc) is 2.46. The van der Waals surface area contributed by atoms with Gasteiger partial charge in [0.05, 0.1) is 10.4 Å². The molecule has 0 saturated heterocycles. The average molecular weight is 299 g/mol. The molecule has 4 N–H and O–H groups in total. The van der Waals surface area contributed by atoms with E-state index in [4.69, 9.17) is 5.73 Å². The normalized spacial score (nSPS) is 12.2. The van der Waals surface area contributed by atoms with Crippen LogP contribution in [0.25, 0.3) is 0 Å². The van der Waals surface area contributed by atoms with Gasteiger partial charge in [-0.25, -0.2) is 13.1 Å². The van der Waals surface area contributed by atoms with Crippen molar-refractivity contribution in [3.05, 3.63) is 24.3 Å². The Kier molecular flexibility index (Phi) is 5.27. The van der Waals surface area contributed by atoms with Crippen molar-refractivity contribution in [3.8, 4) is 0 Å². The first kappa shape index (κ1) is 16.6. The van der Waals surface area contributed by atoms with E-state index < -0.39 is 15.6 Å².